The van der Waals surface area contributed by atoms with Gasteiger partial charge >= 0.3 is 11.9 Å². The predicted molar refractivity (Wildman–Crippen MR) is 88.6 cm³/mol. The number of hydrogen-bond acceptors (Lipinski definition) is 4. The Morgan fingerprint density at radius 2 is 1.14 bits per heavy atom. The van der Waals surface area contributed by atoms with Crippen LogP contribution in [0.2, 0.25) is 0 Å². The van der Waals surface area contributed by atoms with E-state index in [1.165, 1.54) is 0 Å². The first-order valence-electron chi connectivity index (χ1n) is 8.68. The quantitative estimate of drug-likeness (QED) is 0.301. The highest BCUT2D eigenvalue weighted by molar-refractivity contribution is 6.00. The highest BCUT2D eigenvalue weighted by Gasteiger charge is 2.21. The van der Waals surface area contributed by atoms with Gasteiger partial charge in [-0.2, -0.15) is 0 Å². The first-order valence-corrected chi connectivity index (χ1v) is 8.68. The Morgan fingerprint density at radius 1 is 0.682 bits per heavy atom. The van der Waals surface area contributed by atoms with Crippen LogP contribution < -0.4 is 0 Å². The average Bonchev–Trinajstić information content (AvgIpc) is 2.51. The Balaban J connectivity index is 5.00. The van der Waals surface area contributed by atoms with Crippen molar-refractivity contribution in [1.29, 1.82) is 0 Å². The van der Waals surface area contributed by atoms with Gasteiger partial charge in [-0.3, -0.25) is 0 Å². The smallest absolute Gasteiger partial charge is 0.334 e. The van der Waals surface area contributed by atoms with E-state index in [4.69, 9.17) is 9.47 Å². The molecule has 0 rings (SSSR count). The number of ether oxygens (including phenoxy) is 2. The summed E-state index contributed by atoms with van der Waals surface area (Å²) in [6.45, 7) is 8.84. The van der Waals surface area contributed by atoms with Gasteiger partial charge in [-0.25, -0.2) is 9.59 Å². The van der Waals surface area contributed by atoms with Crippen molar-refractivity contribution in [2.24, 2.45) is 0 Å². The maximum atomic E-state index is 12.3. The second-order valence-electron chi connectivity index (χ2n) is 5.39. The summed E-state index contributed by atoms with van der Waals surface area (Å²) >= 11 is 0. The molecule has 128 valence electrons. The second-order valence-corrected chi connectivity index (χ2v) is 5.39. The van der Waals surface area contributed by atoms with E-state index in [9.17, 15) is 9.59 Å². The maximum absolute atomic E-state index is 12.3. The molecule has 0 aliphatic rings. The number of esters is 2. The third-order valence-electron chi connectivity index (χ3n) is 3.45. The fourth-order valence-corrected chi connectivity index (χ4v) is 2.00. The first kappa shape index (κ1) is 20.7. The normalized spacial score (nSPS) is 11.8. The van der Waals surface area contributed by atoms with Crippen molar-refractivity contribution >= 4 is 11.9 Å². The van der Waals surface area contributed by atoms with Gasteiger partial charge in [0, 0.05) is 11.1 Å². The molecule has 0 saturated heterocycles. The molecule has 4 nitrogen and oxygen atoms in total. The Morgan fingerprint density at radius 3 is 1.55 bits per heavy atom. The number of carbonyl (C=O) groups excluding carboxylic acids is 2. The van der Waals surface area contributed by atoms with Gasteiger partial charge in [0.15, 0.2) is 0 Å². The van der Waals surface area contributed by atoms with Crippen LogP contribution in [0.3, 0.4) is 0 Å². The number of unbranched alkanes of at least 4 members (excludes halogenated alkanes) is 3. The standard InChI is InChI=1S/C18H32O4/c1-5-9-12-16(18(20)22-14-11-7-3)15(8-4)17(19)21-13-10-6-2/h5-14H2,1-4H3/b16-15-. The molecule has 0 unspecified atom stereocenters. The molecule has 0 aliphatic heterocycles. The van der Waals surface area contributed by atoms with E-state index in [-0.39, 0.29) is 11.9 Å². The molecule has 0 amide bonds. The van der Waals surface area contributed by atoms with Crippen LogP contribution in [0.15, 0.2) is 11.1 Å². The second kappa shape index (κ2) is 13.4. The molecule has 0 aromatic heterocycles. The average molecular weight is 312 g/mol. The number of rotatable bonds is 12. The van der Waals surface area contributed by atoms with Crippen LogP contribution in [0.5, 0.6) is 0 Å². The van der Waals surface area contributed by atoms with E-state index in [0.717, 1.165) is 38.5 Å². The topological polar surface area (TPSA) is 52.6 Å². The van der Waals surface area contributed by atoms with Crippen molar-refractivity contribution < 1.29 is 19.1 Å². The highest BCUT2D eigenvalue weighted by Crippen LogP contribution is 2.19. The first-order chi connectivity index (χ1) is 10.6. The SMILES string of the molecule is CCCCOC(=O)/C(CC)=C(/CCCC)C(=O)OCCCC. The van der Waals surface area contributed by atoms with Gasteiger partial charge in [-0.1, -0.05) is 47.0 Å². The Bertz CT molecular complexity index is 358. The lowest BCUT2D eigenvalue weighted by atomic mass is 10.0. The minimum atomic E-state index is -0.366. The van der Waals surface area contributed by atoms with E-state index >= 15 is 0 Å². The molecule has 4 heteroatoms. The van der Waals surface area contributed by atoms with Crippen molar-refractivity contribution in [1.82, 2.24) is 0 Å². The zero-order valence-corrected chi connectivity index (χ0v) is 14.7. The molecular formula is C18H32O4. The molecule has 0 heterocycles. The van der Waals surface area contributed by atoms with E-state index in [1.807, 2.05) is 20.8 Å². The zero-order chi connectivity index (χ0) is 16.8. The van der Waals surface area contributed by atoms with Crippen molar-refractivity contribution in [3.8, 4) is 0 Å². The molecule has 0 saturated carbocycles. The largest absolute Gasteiger partial charge is 0.462 e. The molecule has 0 atom stereocenters. The number of carbonyl (C=O) groups is 2. The zero-order valence-electron chi connectivity index (χ0n) is 14.7. The molecule has 0 radical (unpaired) electrons. The minimum Gasteiger partial charge on any atom is -0.462 e. The summed E-state index contributed by atoms with van der Waals surface area (Å²) < 4.78 is 10.6. The van der Waals surface area contributed by atoms with Crippen LogP contribution in [0.25, 0.3) is 0 Å². The van der Waals surface area contributed by atoms with Crippen LogP contribution in [0.4, 0.5) is 0 Å². The van der Waals surface area contributed by atoms with E-state index < -0.39 is 0 Å². The third-order valence-corrected chi connectivity index (χ3v) is 3.45. The van der Waals surface area contributed by atoms with Crippen LogP contribution in [0, 0.1) is 0 Å². The van der Waals surface area contributed by atoms with Gasteiger partial charge in [-0.15, -0.1) is 0 Å². The fourth-order valence-electron chi connectivity index (χ4n) is 2.00. The molecule has 22 heavy (non-hydrogen) atoms. The molecule has 0 N–H and O–H groups in total. The minimum absolute atomic E-state index is 0.355. The van der Waals surface area contributed by atoms with Gasteiger partial charge in [0.25, 0.3) is 0 Å². The summed E-state index contributed by atoms with van der Waals surface area (Å²) in [7, 11) is 0. The monoisotopic (exact) mass is 312 g/mol. The Labute approximate surface area is 135 Å². The lowest BCUT2D eigenvalue weighted by Gasteiger charge is -2.13. The van der Waals surface area contributed by atoms with Crippen LogP contribution in [-0.4, -0.2) is 25.2 Å². The summed E-state index contributed by atoms with van der Waals surface area (Å²) in [6.07, 6.45) is 6.53. The van der Waals surface area contributed by atoms with E-state index in [0.29, 0.717) is 37.2 Å². The Kier molecular flexibility index (Phi) is 12.5. The van der Waals surface area contributed by atoms with Gasteiger partial charge in [0.2, 0.25) is 0 Å². The van der Waals surface area contributed by atoms with Crippen molar-refractivity contribution in [3.63, 3.8) is 0 Å². The number of hydrogen-bond donors (Lipinski definition) is 0. The van der Waals surface area contributed by atoms with Crippen LogP contribution in [-0.2, 0) is 19.1 Å². The molecule has 0 aliphatic carbocycles. The summed E-state index contributed by atoms with van der Waals surface area (Å²) in [4.78, 5) is 24.5. The lowest BCUT2D eigenvalue weighted by Crippen LogP contribution is -2.17. The predicted octanol–water partition coefficient (Wildman–Crippen LogP) is 4.57. The summed E-state index contributed by atoms with van der Waals surface area (Å²) in [5.41, 5.74) is 0.980. The van der Waals surface area contributed by atoms with Crippen molar-refractivity contribution in [3.05, 3.63) is 11.1 Å². The molecule has 0 spiro atoms. The summed E-state index contributed by atoms with van der Waals surface area (Å²) in [6, 6.07) is 0. The van der Waals surface area contributed by atoms with Crippen molar-refractivity contribution in [2.75, 3.05) is 13.2 Å². The van der Waals surface area contributed by atoms with Gasteiger partial charge in [-0.05, 0) is 32.1 Å². The van der Waals surface area contributed by atoms with Gasteiger partial charge < -0.3 is 9.47 Å². The third kappa shape index (κ3) is 8.20. The van der Waals surface area contributed by atoms with Crippen LogP contribution >= 0.6 is 0 Å². The lowest BCUT2D eigenvalue weighted by molar-refractivity contribution is -0.142. The maximum Gasteiger partial charge on any atom is 0.334 e. The Hall–Kier alpha value is -1.32. The summed E-state index contributed by atoms with van der Waals surface area (Å²) in [5, 5.41) is 0. The van der Waals surface area contributed by atoms with Crippen molar-refractivity contribution in [2.45, 2.75) is 79.1 Å². The molecule has 0 fully saturated rings. The van der Waals surface area contributed by atoms with Gasteiger partial charge in [0.1, 0.15) is 0 Å². The fraction of sp³-hybridized carbons (Fsp3) is 0.778. The van der Waals surface area contributed by atoms with Crippen LogP contribution in [0.1, 0.15) is 79.1 Å². The molecule has 0 aromatic carbocycles. The van der Waals surface area contributed by atoms with Gasteiger partial charge in [0.05, 0.1) is 13.2 Å². The molecule has 0 aromatic rings. The summed E-state index contributed by atoms with van der Waals surface area (Å²) in [5.74, 6) is -0.722. The highest BCUT2D eigenvalue weighted by atomic mass is 16.5. The molecule has 0 bridgehead atoms. The van der Waals surface area contributed by atoms with E-state index in [2.05, 4.69) is 6.92 Å². The van der Waals surface area contributed by atoms with E-state index in [1.54, 1.807) is 0 Å². The molecular weight excluding hydrogens is 280 g/mol.